The summed E-state index contributed by atoms with van der Waals surface area (Å²) in [6.07, 6.45) is 5.72. The number of carbonyl (C=O) groups is 2. The second-order valence-corrected chi connectivity index (χ2v) is 17.4. The number of rotatable bonds is 12. The first kappa shape index (κ1) is 40.7. The Morgan fingerprint density at radius 1 is 0.984 bits per heavy atom. The Morgan fingerprint density at radius 2 is 1.74 bits per heavy atom. The monoisotopic (exact) mass is 852 g/mol. The van der Waals surface area contributed by atoms with Crippen LogP contribution in [0, 0.1) is 32.1 Å². The zero-order valence-corrected chi connectivity index (χ0v) is 35.5. The van der Waals surface area contributed by atoms with Gasteiger partial charge in [0.15, 0.2) is 5.82 Å². The maximum Gasteiger partial charge on any atom is 0.308 e. The molecule has 5 heterocycles. The highest BCUT2D eigenvalue weighted by Gasteiger charge is 2.32. The number of nitrogens with zero attached hydrogens (tertiary/aromatic N) is 7. The third-order valence-electron chi connectivity index (χ3n) is 10.8. The van der Waals surface area contributed by atoms with E-state index in [1.165, 1.54) is 25.4 Å². The molecule has 15 nitrogen and oxygen atoms in total. The van der Waals surface area contributed by atoms with Gasteiger partial charge in [-0.1, -0.05) is 49.4 Å². The van der Waals surface area contributed by atoms with Crippen LogP contribution in [0.1, 0.15) is 79.8 Å². The van der Waals surface area contributed by atoms with Crippen molar-refractivity contribution in [2.75, 3.05) is 18.4 Å². The lowest BCUT2D eigenvalue weighted by molar-refractivity contribution is -0.141. The maximum atomic E-state index is 13.3. The number of carbonyl (C=O) groups excluding carboxylic acids is 2. The number of aromatic nitrogens is 6. The number of nitriles is 1. The molecule has 17 heteroatoms. The van der Waals surface area contributed by atoms with E-state index in [0.717, 1.165) is 49.0 Å². The van der Waals surface area contributed by atoms with Crippen LogP contribution in [0.2, 0.25) is 0 Å². The molecular formula is C44H40N10O5S2. The number of aliphatic imine (C=N–C) groups is 1. The van der Waals surface area contributed by atoms with E-state index in [-0.39, 0.29) is 23.6 Å². The fourth-order valence-corrected chi connectivity index (χ4v) is 9.68. The highest BCUT2D eigenvalue weighted by molar-refractivity contribution is 7.92. The highest BCUT2D eigenvalue weighted by Crippen LogP contribution is 2.40. The molecular weight excluding hydrogens is 813 g/mol. The number of aromatic amines is 1. The first-order chi connectivity index (χ1) is 29.4. The summed E-state index contributed by atoms with van der Waals surface area (Å²) in [6.45, 7) is 8.29. The van der Waals surface area contributed by atoms with Gasteiger partial charge in [-0.25, -0.2) is 13.4 Å². The number of benzene rings is 3. The molecule has 0 radical (unpaired) electrons. The second-order valence-electron chi connectivity index (χ2n) is 14.5. The molecule has 0 saturated carbocycles. The highest BCUT2D eigenvalue weighted by atomic mass is 32.2. The van der Waals surface area contributed by atoms with E-state index < -0.39 is 27.9 Å². The molecule has 1 atom stereocenters. The number of hydrogen-bond donors (Lipinski definition) is 3. The van der Waals surface area contributed by atoms with E-state index in [2.05, 4.69) is 55.1 Å². The van der Waals surface area contributed by atoms with Crippen LogP contribution in [0.5, 0.6) is 0 Å². The van der Waals surface area contributed by atoms with Gasteiger partial charge in [0.05, 0.1) is 59.0 Å². The van der Waals surface area contributed by atoms with Crippen LogP contribution in [0.3, 0.4) is 0 Å². The minimum Gasteiger partial charge on any atom is -0.469 e. The Bertz CT molecular complexity index is 3020. The lowest BCUT2D eigenvalue weighted by atomic mass is 9.98. The largest absolute Gasteiger partial charge is 0.469 e. The Balaban J connectivity index is 0.912. The Labute approximate surface area is 355 Å². The van der Waals surface area contributed by atoms with E-state index in [4.69, 9.17) is 9.73 Å². The van der Waals surface area contributed by atoms with Gasteiger partial charge in [0.1, 0.15) is 28.6 Å². The molecule has 0 unspecified atom stereocenters. The lowest BCUT2D eigenvalue weighted by Crippen LogP contribution is -2.26. The summed E-state index contributed by atoms with van der Waals surface area (Å²) in [5.41, 5.74) is 8.29. The predicted molar refractivity (Wildman–Crippen MR) is 232 cm³/mol. The fourth-order valence-electron chi connectivity index (χ4n) is 7.40. The van der Waals surface area contributed by atoms with Crippen LogP contribution in [0.15, 0.2) is 89.1 Å². The van der Waals surface area contributed by atoms with Gasteiger partial charge < -0.3 is 15.0 Å². The summed E-state index contributed by atoms with van der Waals surface area (Å²) >= 11 is 1.63. The SMILES string of the molecule is CCc1ccc(NS(=O)(=O)c2ccc(CCNC(=O)c3cnc(-c4ccc(C5=N[C@@H](CC(=O)OC)c6nnc(C)n6-c6sc(C)c(C)c65)cc4)cn3)cc2)c2[nH]cc(C#N)c12. The summed E-state index contributed by atoms with van der Waals surface area (Å²) in [7, 11) is -2.57. The molecule has 1 aliphatic heterocycles. The number of amides is 1. The van der Waals surface area contributed by atoms with E-state index >= 15 is 0 Å². The molecule has 0 aliphatic carbocycles. The number of fused-ring (bicyclic) bond motifs is 4. The number of esters is 1. The van der Waals surface area contributed by atoms with E-state index in [1.807, 2.05) is 48.7 Å². The van der Waals surface area contributed by atoms with Crippen molar-refractivity contribution >= 4 is 55.5 Å². The van der Waals surface area contributed by atoms with Gasteiger partial charge in [-0.3, -0.25) is 28.9 Å². The first-order valence-corrected chi connectivity index (χ1v) is 21.7. The molecule has 0 spiro atoms. The summed E-state index contributed by atoms with van der Waals surface area (Å²) in [6, 6.07) is 19.3. The molecule has 0 fully saturated rings. The van der Waals surface area contributed by atoms with Crippen LogP contribution < -0.4 is 10.0 Å². The van der Waals surface area contributed by atoms with E-state index in [1.54, 1.807) is 41.9 Å². The van der Waals surface area contributed by atoms with Crippen molar-refractivity contribution < 1.29 is 22.7 Å². The van der Waals surface area contributed by atoms with Gasteiger partial charge in [-0.2, -0.15) is 5.26 Å². The zero-order chi connectivity index (χ0) is 43.0. The van der Waals surface area contributed by atoms with Crippen molar-refractivity contribution in [3.63, 3.8) is 0 Å². The standard InChI is InChI=1S/C44H40N10O5S2/c1-6-28-13-16-33(41-39(28)31(20-45)21-49-41)53-61(57,58)32-14-7-27(8-15-32)17-18-46-43(56)36-23-47-35(22-48-36)29-9-11-30(12-10-29)40-38-24(2)25(3)60-44(38)54-26(4)51-52-42(54)34(50-40)19-37(55)59-5/h7-16,21-23,34,49,53H,6,17-19H2,1-5H3,(H,46,56)/t34-/m0/s1. The van der Waals surface area contributed by atoms with Gasteiger partial charge in [0.2, 0.25) is 0 Å². The molecule has 3 aromatic carbocycles. The Kier molecular flexibility index (Phi) is 11.1. The minimum atomic E-state index is -3.93. The van der Waals surface area contributed by atoms with E-state index in [0.29, 0.717) is 52.3 Å². The third-order valence-corrected chi connectivity index (χ3v) is 13.3. The minimum absolute atomic E-state index is 0.0108. The molecule has 61 heavy (non-hydrogen) atoms. The molecule has 4 aromatic heterocycles. The Hall–Kier alpha value is -7.03. The maximum absolute atomic E-state index is 13.3. The number of hydrogen-bond acceptors (Lipinski definition) is 12. The lowest BCUT2D eigenvalue weighted by Gasteiger charge is -2.12. The van der Waals surface area contributed by atoms with Crippen molar-refractivity contribution in [1.82, 2.24) is 35.0 Å². The molecule has 308 valence electrons. The van der Waals surface area contributed by atoms with Crippen molar-refractivity contribution in [2.24, 2.45) is 4.99 Å². The molecule has 0 saturated heterocycles. The van der Waals surface area contributed by atoms with Gasteiger partial charge >= 0.3 is 5.97 Å². The average Bonchev–Trinajstić information content (AvgIpc) is 3.94. The summed E-state index contributed by atoms with van der Waals surface area (Å²) < 4.78 is 36.3. The van der Waals surface area contributed by atoms with Crippen LogP contribution >= 0.6 is 11.3 Å². The first-order valence-electron chi connectivity index (χ1n) is 19.4. The van der Waals surface area contributed by atoms with Crippen molar-refractivity contribution in [1.29, 1.82) is 5.26 Å². The average molecular weight is 853 g/mol. The fraction of sp³-hybridized carbons (Fsp3) is 0.227. The summed E-state index contributed by atoms with van der Waals surface area (Å²) in [5.74, 6) is 0.496. The number of methoxy groups -OCH3 is 1. The second kappa shape index (κ2) is 16.6. The number of aryl methyl sites for hydroxylation is 3. The molecule has 1 aliphatic rings. The molecule has 0 bridgehead atoms. The van der Waals surface area contributed by atoms with Crippen molar-refractivity contribution in [2.45, 2.75) is 57.9 Å². The topological polar surface area (TPSA) is 210 Å². The van der Waals surface area contributed by atoms with Crippen LogP contribution in [-0.2, 0) is 32.4 Å². The number of anilines is 1. The van der Waals surface area contributed by atoms with Gasteiger partial charge in [-0.05, 0) is 68.5 Å². The van der Waals surface area contributed by atoms with Gasteiger partial charge in [0, 0.05) is 39.7 Å². The number of sulfonamides is 1. The van der Waals surface area contributed by atoms with E-state index in [9.17, 15) is 23.3 Å². The summed E-state index contributed by atoms with van der Waals surface area (Å²) in [4.78, 5) is 43.8. The summed E-state index contributed by atoms with van der Waals surface area (Å²) in [5, 5.41) is 22.8. The van der Waals surface area contributed by atoms with Crippen LogP contribution in [0.4, 0.5) is 5.69 Å². The number of thiophene rings is 1. The molecule has 8 rings (SSSR count). The smallest absolute Gasteiger partial charge is 0.308 e. The molecule has 1 amide bonds. The normalized spacial score (nSPS) is 13.4. The molecule has 3 N–H and O–H groups in total. The number of nitrogens with one attached hydrogen (secondary N) is 3. The Morgan fingerprint density at radius 3 is 2.43 bits per heavy atom. The van der Waals surface area contributed by atoms with Crippen molar-refractivity contribution in [3.05, 3.63) is 135 Å². The van der Waals surface area contributed by atoms with Crippen molar-refractivity contribution in [3.8, 4) is 22.3 Å². The molecule has 7 aromatic rings. The quantitative estimate of drug-likeness (QED) is 0.109. The number of ether oxygens (including phenoxy) is 1. The predicted octanol–water partition coefficient (Wildman–Crippen LogP) is 6.85. The van der Waals surface area contributed by atoms with Gasteiger partial charge in [-0.15, -0.1) is 21.5 Å². The zero-order valence-electron chi connectivity index (χ0n) is 33.9. The third kappa shape index (κ3) is 7.78. The van der Waals surface area contributed by atoms with Crippen LogP contribution in [0.25, 0.3) is 27.2 Å². The van der Waals surface area contributed by atoms with Crippen LogP contribution in [-0.4, -0.2) is 69.4 Å². The van der Waals surface area contributed by atoms with Gasteiger partial charge in [0.25, 0.3) is 15.9 Å². The number of H-pyrrole nitrogens is 1.